The summed E-state index contributed by atoms with van der Waals surface area (Å²) in [7, 11) is 0. The Bertz CT molecular complexity index is 1290. The first-order valence-corrected chi connectivity index (χ1v) is 15.1. The summed E-state index contributed by atoms with van der Waals surface area (Å²) >= 11 is 1.60. The van der Waals surface area contributed by atoms with Crippen molar-refractivity contribution < 1.29 is 19.1 Å². The van der Waals surface area contributed by atoms with Gasteiger partial charge in [-0.15, -0.1) is 11.8 Å². The molecule has 2 aromatic rings. The van der Waals surface area contributed by atoms with Crippen LogP contribution < -0.4 is 10.6 Å². The van der Waals surface area contributed by atoms with E-state index >= 15 is 0 Å². The molecule has 1 spiro atoms. The number of carbonyl (C=O) groups is 3. The molecule has 2 saturated heterocycles. The van der Waals surface area contributed by atoms with Crippen LogP contribution in [0.2, 0.25) is 0 Å². The number of fused-ring (bicyclic) bond motifs is 1. The molecule has 3 fully saturated rings. The van der Waals surface area contributed by atoms with Gasteiger partial charge in [0.25, 0.3) is 0 Å². The number of thioether (sulfide) groups is 1. The number of likely N-dealkylation sites (tertiary alicyclic amines) is 1. The number of anilines is 1. The van der Waals surface area contributed by atoms with Crippen molar-refractivity contribution in [2.24, 2.45) is 11.8 Å². The minimum atomic E-state index is -1.17. The van der Waals surface area contributed by atoms with Crippen molar-refractivity contribution in [3.05, 3.63) is 72.3 Å². The Labute approximate surface area is 233 Å². The van der Waals surface area contributed by atoms with Gasteiger partial charge in [-0.1, -0.05) is 67.8 Å². The van der Waals surface area contributed by atoms with Gasteiger partial charge in [0.2, 0.25) is 17.7 Å². The van der Waals surface area contributed by atoms with Crippen LogP contribution in [0.5, 0.6) is 0 Å². The van der Waals surface area contributed by atoms with Crippen molar-refractivity contribution in [1.29, 1.82) is 0 Å². The van der Waals surface area contributed by atoms with E-state index < -0.39 is 29.6 Å². The maximum atomic E-state index is 14.3. The van der Waals surface area contributed by atoms with Crippen LogP contribution in [0.15, 0.2) is 71.6 Å². The molecule has 2 N–H and O–H groups in total. The monoisotopic (exact) mass is 545 g/mol. The van der Waals surface area contributed by atoms with E-state index in [4.69, 9.17) is 4.74 Å². The molecule has 6 atom stereocenters. The molecule has 1 aliphatic carbocycles. The van der Waals surface area contributed by atoms with Crippen LogP contribution in [-0.2, 0) is 19.1 Å². The highest BCUT2D eigenvalue weighted by molar-refractivity contribution is 7.98. The average Bonchev–Trinajstić information content (AvgIpc) is 3.61. The number of nitrogens with zero attached hydrogens (tertiary/aromatic N) is 1. The molecule has 3 heterocycles. The Kier molecular flexibility index (Phi) is 7.02. The molecule has 0 radical (unpaired) electrons. The number of rotatable bonds is 7. The molecule has 0 aromatic heterocycles. The lowest BCUT2D eigenvalue weighted by molar-refractivity contribution is -0.143. The first-order chi connectivity index (χ1) is 18.9. The highest BCUT2D eigenvalue weighted by Gasteiger charge is 2.73. The molecule has 8 heteroatoms. The number of ether oxygens (including phenoxy) is 1. The molecule has 204 valence electrons. The van der Waals surface area contributed by atoms with Gasteiger partial charge in [0.15, 0.2) is 0 Å². The zero-order valence-corrected chi connectivity index (χ0v) is 23.2. The standard InChI is InChI=1S/C31H35N3O4S/c1-19(20-10-5-3-6-11-20)34-27(29(36)32-21-12-7-4-8-13-21)31-17-16-24(38-31)25(26(31)30(34)37)28(35)33-22-14-9-15-23(18-22)39-2/h3,5-6,9-11,14-19,21,24-27H,4,7-8,12-13H2,1-2H3,(H,32,36)(H,33,35)/t19-,24+,25-,26+,27-,31+/m0/s1. The summed E-state index contributed by atoms with van der Waals surface area (Å²) in [6.07, 6.45) is 10.4. The van der Waals surface area contributed by atoms with Gasteiger partial charge >= 0.3 is 0 Å². The number of amides is 3. The molecule has 2 aromatic carbocycles. The number of benzene rings is 2. The van der Waals surface area contributed by atoms with Crippen LogP contribution in [0, 0.1) is 11.8 Å². The second-order valence-corrected chi connectivity index (χ2v) is 12.0. The second kappa shape index (κ2) is 10.5. The topological polar surface area (TPSA) is 87.7 Å². The van der Waals surface area contributed by atoms with E-state index in [2.05, 4.69) is 10.6 Å². The summed E-state index contributed by atoms with van der Waals surface area (Å²) in [6.45, 7) is 1.95. The lowest BCUT2D eigenvalue weighted by Crippen LogP contribution is -2.56. The molecule has 0 unspecified atom stereocenters. The fraction of sp³-hybridized carbons (Fsp3) is 0.452. The molecular formula is C31H35N3O4S. The van der Waals surface area contributed by atoms with E-state index in [1.165, 1.54) is 6.42 Å². The molecule has 1 saturated carbocycles. The van der Waals surface area contributed by atoms with Crippen LogP contribution in [-0.4, -0.2) is 52.7 Å². The van der Waals surface area contributed by atoms with Crippen molar-refractivity contribution in [2.45, 2.75) is 73.8 Å². The maximum absolute atomic E-state index is 14.3. The van der Waals surface area contributed by atoms with Crippen LogP contribution >= 0.6 is 11.8 Å². The molecule has 3 aliphatic heterocycles. The Morgan fingerprint density at radius 1 is 1.05 bits per heavy atom. The maximum Gasteiger partial charge on any atom is 0.246 e. The van der Waals surface area contributed by atoms with Crippen LogP contribution in [0.4, 0.5) is 5.69 Å². The lowest BCUT2D eigenvalue weighted by Gasteiger charge is -2.37. The SMILES string of the molecule is CSc1cccc(NC(=O)[C@H]2[C@H]3C=C[C@]4(O3)[C@H](C(=O)NC3CCCCC3)N([C@@H](C)c3ccccc3)C(=O)[C@@H]24)c1. The van der Waals surface area contributed by atoms with E-state index in [0.29, 0.717) is 5.69 Å². The third kappa shape index (κ3) is 4.47. The largest absolute Gasteiger partial charge is 0.359 e. The van der Waals surface area contributed by atoms with Gasteiger partial charge in [0.1, 0.15) is 11.6 Å². The highest BCUT2D eigenvalue weighted by atomic mass is 32.2. The average molecular weight is 546 g/mol. The van der Waals surface area contributed by atoms with Gasteiger partial charge < -0.3 is 20.3 Å². The van der Waals surface area contributed by atoms with Crippen molar-refractivity contribution in [3.63, 3.8) is 0 Å². The summed E-state index contributed by atoms with van der Waals surface area (Å²) in [5.41, 5.74) is 0.442. The summed E-state index contributed by atoms with van der Waals surface area (Å²) in [5.74, 6) is -2.16. The van der Waals surface area contributed by atoms with E-state index in [9.17, 15) is 14.4 Å². The molecule has 2 bridgehead atoms. The zero-order valence-electron chi connectivity index (χ0n) is 22.3. The fourth-order valence-corrected chi connectivity index (χ4v) is 7.43. The molecular weight excluding hydrogens is 510 g/mol. The predicted octanol–water partition coefficient (Wildman–Crippen LogP) is 4.71. The van der Waals surface area contributed by atoms with Crippen molar-refractivity contribution in [3.8, 4) is 0 Å². The second-order valence-electron chi connectivity index (χ2n) is 11.1. The van der Waals surface area contributed by atoms with E-state index in [0.717, 1.165) is 36.1 Å². The van der Waals surface area contributed by atoms with E-state index in [1.807, 2.05) is 79.9 Å². The van der Waals surface area contributed by atoms with E-state index in [1.54, 1.807) is 16.7 Å². The van der Waals surface area contributed by atoms with Crippen LogP contribution in [0.25, 0.3) is 0 Å². The van der Waals surface area contributed by atoms with E-state index in [-0.39, 0.29) is 29.8 Å². The van der Waals surface area contributed by atoms with Gasteiger partial charge in [0, 0.05) is 16.6 Å². The summed E-state index contributed by atoms with van der Waals surface area (Å²) in [5, 5.41) is 6.28. The fourth-order valence-electron chi connectivity index (χ4n) is 6.97. The number of nitrogens with one attached hydrogen (secondary N) is 2. The van der Waals surface area contributed by atoms with Gasteiger partial charge in [-0.25, -0.2) is 0 Å². The molecule has 39 heavy (non-hydrogen) atoms. The summed E-state index contributed by atoms with van der Waals surface area (Å²) in [6, 6.07) is 16.3. The number of hydrogen-bond donors (Lipinski definition) is 2. The van der Waals surface area contributed by atoms with Crippen molar-refractivity contribution >= 4 is 35.2 Å². The number of hydrogen-bond acceptors (Lipinski definition) is 5. The third-order valence-electron chi connectivity index (χ3n) is 8.85. The zero-order chi connectivity index (χ0) is 27.1. The minimum absolute atomic E-state index is 0.0936. The number of carbonyl (C=O) groups excluding carboxylic acids is 3. The highest BCUT2D eigenvalue weighted by Crippen LogP contribution is 2.56. The van der Waals surface area contributed by atoms with Crippen molar-refractivity contribution in [2.75, 3.05) is 11.6 Å². The summed E-state index contributed by atoms with van der Waals surface area (Å²) in [4.78, 5) is 44.8. The Morgan fingerprint density at radius 3 is 2.56 bits per heavy atom. The first kappa shape index (κ1) is 26.1. The first-order valence-electron chi connectivity index (χ1n) is 13.9. The Hall–Kier alpha value is -3.10. The molecule has 3 amide bonds. The minimum Gasteiger partial charge on any atom is -0.359 e. The third-order valence-corrected chi connectivity index (χ3v) is 9.58. The van der Waals surface area contributed by atoms with Gasteiger partial charge in [-0.3, -0.25) is 14.4 Å². The van der Waals surface area contributed by atoms with Crippen molar-refractivity contribution in [1.82, 2.24) is 10.2 Å². The molecule has 6 rings (SSSR count). The van der Waals surface area contributed by atoms with Crippen LogP contribution in [0.1, 0.15) is 50.6 Å². The molecule has 7 nitrogen and oxygen atoms in total. The smallest absolute Gasteiger partial charge is 0.246 e. The summed E-state index contributed by atoms with van der Waals surface area (Å²) < 4.78 is 6.51. The Balaban J connectivity index is 1.34. The quantitative estimate of drug-likeness (QED) is 0.389. The van der Waals surface area contributed by atoms with Gasteiger partial charge in [-0.2, -0.15) is 0 Å². The van der Waals surface area contributed by atoms with Gasteiger partial charge in [-0.05, 0) is 49.8 Å². The lowest BCUT2D eigenvalue weighted by atomic mass is 9.74. The van der Waals surface area contributed by atoms with Gasteiger partial charge in [0.05, 0.1) is 24.0 Å². The predicted molar refractivity (Wildman–Crippen MR) is 151 cm³/mol. The Morgan fingerprint density at radius 2 is 1.82 bits per heavy atom. The normalized spacial score (nSPS) is 30.3. The van der Waals surface area contributed by atoms with Crippen LogP contribution in [0.3, 0.4) is 0 Å². The molecule has 4 aliphatic rings.